The Labute approximate surface area is 74.7 Å². The fourth-order valence-corrected chi connectivity index (χ4v) is 0.747. The van der Waals surface area contributed by atoms with Gasteiger partial charge in [-0.2, -0.15) is 0 Å². The maximum absolute atomic E-state index is 12.2. The molecule has 0 aliphatic heterocycles. The molecule has 0 heterocycles. The number of nitrogens with two attached hydrogens (primary N) is 2. The van der Waals surface area contributed by atoms with Crippen LogP contribution in [0.4, 0.5) is 4.39 Å². The van der Waals surface area contributed by atoms with E-state index in [0.717, 1.165) is 0 Å². The van der Waals surface area contributed by atoms with Gasteiger partial charge in [0.2, 0.25) is 0 Å². The van der Waals surface area contributed by atoms with Crippen molar-refractivity contribution in [2.45, 2.75) is 30.6 Å². The number of carboxylic acids is 1. The van der Waals surface area contributed by atoms with E-state index in [1.54, 1.807) is 0 Å². The highest BCUT2D eigenvalue weighted by Crippen LogP contribution is 2.08. The van der Waals surface area contributed by atoms with Crippen LogP contribution in [0.1, 0.15) is 12.8 Å². The summed E-state index contributed by atoms with van der Waals surface area (Å²) in [5, 5.41) is 8.34. The molecule has 0 bridgehead atoms. The van der Waals surface area contributed by atoms with Gasteiger partial charge in [0.1, 0.15) is 6.04 Å². The molecule has 0 rings (SSSR count). The third kappa shape index (κ3) is 4.48. The van der Waals surface area contributed by atoms with Gasteiger partial charge in [-0.05, 0) is 12.8 Å². The zero-order chi connectivity index (χ0) is 9.72. The van der Waals surface area contributed by atoms with Gasteiger partial charge in [-0.25, -0.2) is 4.39 Å². The van der Waals surface area contributed by atoms with Crippen molar-refractivity contribution in [3.8, 4) is 0 Å². The fourth-order valence-electron chi connectivity index (χ4n) is 0.621. The van der Waals surface area contributed by atoms with Crippen molar-refractivity contribution < 1.29 is 14.3 Å². The number of carbonyl (C=O) groups is 1. The minimum Gasteiger partial charge on any atom is -0.480 e. The van der Waals surface area contributed by atoms with E-state index >= 15 is 0 Å². The standard InChI is InChI=1S/C6H12ClFN2O2/c7-5(8)3(9)1-2-4(10)6(11)12/h3-5H,1-2,9-10H2,(H,11,12)/t3?,4-,5?/m0/s1. The average molecular weight is 199 g/mol. The molecule has 0 amide bonds. The maximum Gasteiger partial charge on any atom is 0.320 e. The largest absolute Gasteiger partial charge is 0.480 e. The first kappa shape index (κ1) is 11.6. The lowest BCUT2D eigenvalue weighted by Crippen LogP contribution is -2.34. The van der Waals surface area contributed by atoms with Crippen LogP contribution in [0.2, 0.25) is 0 Å². The minimum absolute atomic E-state index is 0.129. The van der Waals surface area contributed by atoms with E-state index in [1.165, 1.54) is 0 Å². The number of aliphatic carboxylic acids is 1. The number of alkyl halides is 2. The quantitative estimate of drug-likeness (QED) is 0.544. The molecule has 0 aliphatic rings. The van der Waals surface area contributed by atoms with Crippen molar-refractivity contribution in [2.75, 3.05) is 0 Å². The number of hydrogen-bond acceptors (Lipinski definition) is 3. The molecular weight excluding hydrogens is 187 g/mol. The van der Waals surface area contributed by atoms with Crippen molar-refractivity contribution >= 4 is 17.6 Å². The lowest BCUT2D eigenvalue weighted by Gasteiger charge is -2.12. The summed E-state index contributed by atoms with van der Waals surface area (Å²) in [4.78, 5) is 10.2. The second kappa shape index (κ2) is 5.29. The molecule has 2 unspecified atom stereocenters. The van der Waals surface area contributed by atoms with Gasteiger partial charge >= 0.3 is 5.97 Å². The molecule has 72 valence electrons. The molecule has 0 saturated heterocycles. The van der Waals surface area contributed by atoms with Crippen LogP contribution in [0.15, 0.2) is 0 Å². The van der Waals surface area contributed by atoms with Gasteiger partial charge in [-0.15, -0.1) is 0 Å². The highest BCUT2D eigenvalue weighted by Gasteiger charge is 2.17. The SMILES string of the molecule is NC(CC[C@H](N)C(=O)O)C(F)Cl. The van der Waals surface area contributed by atoms with E-state index in [-0.39, 0.29) is 12.8 Å². The molecular formula is C6H12ClFN2O2. The van der Waals surface area contributed by atoms with Gasteiger partial charge in [-0.3, -0.25) is 4.79 Å². The molecule has 6 heteroatoms. The maximum atomic E-state index is 12.2. The van der Waals surface area contributed by atoms with Crippen molar-refractivity contribution in [1.29, 1.82) is 0 Å². The molecule has 0 saturated carbocycles. The predicted molar refractivity (Wildman–Crippen MR) is 43.6 cm³/mol. The molecule has 0 fully saturated rings. The van der Waals surface area contributed by atoms with Crippen LogP contribution < -0.4 is 11.5 Å². The Kier molecular flexibility index (Phi) is 5.12. The number of carboxylic acid groups (broad SMARTS) is 1. The Balaban J connectivity index is 3.61. The topological polar surface area (TPSA) is 89.3 Å². The summed E-state index contributed by atoms with van der Waals surface area (Å²) in [6, 6.07) is -1.84. The molecule has 0 aromatic heterocycles. The van der Waals surface area contributed by atoms with E-state index in [2.05, 4.69) is 0 Å². The third-order valence-corrected chi connectivity index (χ3v) is 1.78. The fraction of sp³-hybridized carbons (Fsp3) is 0.833. The monoisotopic (exact) mass is 198 g/mol. The second-order valence-electron chi connectivity index (χ2n) is 2.52. The lowest BCUT2D eigenvalue weighted by atomic mass is 10.1. The zero-order valence-corrected chi connectivity index (χ0v) is 7.17. The Morgan fingerprint density at radius 2 is 2.00 bits per heavy atom. The van der Waals surface area contributed by atoms with Crippen molar-refractivity contribution in [2.24, 2.45) is 11.5 Å². The summed E-state index contributed by atoms with van der Waals surface area (Å²) >= 11 is 5.01. The molecule has 0 spiro atoms. The van der Waals surface area contributed by atoms with Gasteiger partial charge in [0.15, 0.2) is 5.63 Å². The predicted octanol–water partition coefficient (Wildman–Crippen LogP) is 0.0402. The van der Waals surface area contributed by atoms with E-state index < -0.39 is 23.7 Å². The first-order chi connectivity index (χ1) is 5.45. The van der Waals surface area contributed by atoms with Gasteiger partial charge in [-0.1, -0.05) is 11.6 Å². The highest BCUT2D eigenvalue weighted by molar-refractivity contribution is 6.20. The van der Waals surface area contributed by atoms with E-state index in [4.69, 9.17) is 28.2 Å². The van der Waals surface area contributed by atoms with Gasteiger partial charge in [0.05, 0.1) is 6.04 Å². The third-order valence-electron chi connectivity index (χ3n) is 1.45. The molecule has 12 heavy (non-hydrogen) atoms. The molecule has 0 aromatic rings. The summed E-state index contributed by atoms with van der Waals surface area (Å²) in [7, 11) is 0. The first-order valence-corrected chi connectivity index (χ1v) is 3.91. The van der Waals surface area contributed by atoms with E-state index in [0.29, 0.717) is 0 Å². The minimum atomic E-state index is -1.65. The van der Waals surface area contributed by atoms with Gasteiger partial charge in [0.25, 0.3) is 0 Å². The smallest absolute Gasteiger partial charge is 0.320 e. The second-order valence-corrected chi connectivity index (χ2v) is 2.94. The van der Waals surface area contributed by atoms with Gasteiger partial charge < -0.3 is 16.6 Å². The normalized spacial score (nSPS) is 18.3. The molecule has 4 nitrogen and oxygen atoms in total. The Morgan fingerprint density at radius 3 is 2.33 bits per heavy atom. The van der Waals surface area contributed by atoms with Crippen LogP contribution >= 0.6 is 11.6 Å². The Morgan fingerprint density at radius 1 is 1.50 bits per heavy atom. The van der Waals surface area contributed by atoms with Crippen LogP contribution in [0.25, 0.3) is 0 Å². The van der Waals surface area contributed by atoms with Crippen LogP contribution in [0.3, 0.4) is 0 Å². The van der Waals surface area contributed by atoms with Gasteiger partial charge in [0, 0.05) is 0 Å². The first-order valence-electron chi connectivity index (χ1n) is 3.47. The number of halogens is 2. The Hall–Kier alpha value is -0.390. The van der Waals surface area contributed by atoms with Crippen molar-refractivity contribution in [1.82, 2.24) is 0 Å². The summed E-state index contributed by atoms with van der Waals surface area (Å²) in [6.45, 7) is 0. The van der Waals surface area contributed by atoms with Crippen molar-refractivity contribution in [3.63, 3.8) is 0 Å². The molecule has 5 N–H and O–H groups in total. The van der Waals surface area contributed by atoms with Crippen LogP contribution in [-0.2, 0) is 4.79 Å². The average Bonchev–Trinajstić information content (AvgIpc) is 1.98. The van der Waals surface area contributed by atoms with E-state index in [1.807, 2.05) is 0 Å². The van der Waals surface area contributed by atoms with Crippen LogP contribution in [0.5, 0.6) is 0 Å². The van der Waals surface area contributed by atoms with Crippen LogP contribution in [-0.4, -0.2) is 28.8 Å². The van der Waals surface area contributed by atoms with Crippen LogP contribution in [0, 0.1) is 0 Å². The Bertz CT molecular complexity index is 156. The lowest BCUT2D eigenvalue weighted by molar-refractivity contribution is -0.138. The highest BCUT2D eigenvalue weighted by atomic mass is 35.5. The summed E-state index contributed by atoms with van der Waals surface area (Å²) in [6.07, 6.45) is 0.293. The summed E-state index contributed by atoms with van der Waals surface area (Å²) in [5.41, 5.74) is 8.71. The summed E-state index contributed by atoms with van der Waals surface area (Å²) in [5.74, 6) is -1.12. The number of rotatable bonds is 5. The molecule has 3 atom stereocenters. The van der Waals surface area contributed by atoms with E-state index in [9.17, 15) is 9.18 Å². The zero-order valence-electron chi connectivity index (χ0n) is 6.41. The van der Waals surface area contributed by atoms with Crippen molar-refractivity contribution in [3.05, 3.63) is 0 Å². The molecule has 0 radical (unpaired) electrons. The summed E-state index contributed by atoms with van der Waals surface area (Å²) < 4.78 is 12.2. The number of hydrogen-bond donors (Lipinski definition) is 3. The molecule has 0 aliphatic carbocycles. The molecule has 0 aromatic carbocycles.